The van der Waals surface area contributed by atoms with Gasteiger partial charge in [0.25, 0.3) is 0 Å². The van der Waals surface area contributed by atoms with E-state index in [0.717, 1.165) is 5.92 Å². The predicted molar refractivity (Wildman–Crippen MR) is 108 cm³/mol. The van der Waals surface area contributed by atoms with E-state index in [4.69, 9.17) is 0 Å². The van der Waals surface area contributed by atoms with Gasteiger partial charge in [-0.05, 0) is 60.8 Å². The van der Waals surface area contributed by atoms with Gasteiger partial charge in [0.1, 0.15) is 11.6 Å². The Hall–Kier alpha value is -1.22. The number of benzene rings is 2. The van der Waals surface area contributed by atoms with Gasteiger partial charge in [-0.1, -0.05) is 72.8 Å². The van der Waals surface area contributed by atoms with Gasteiger partial charge in [0.2, 0.25) is 0 Å². The molecule has 0 radical (unpaired) electrons. The molecule has 3 heteroatoms. The van der Waals surface area contributed by atoms with Crippen LogP contribution in [0.2, 0.25) is 0 Å². The van der Waals surface area contributed by atoms with Gasteiger partial charge < -0.3 is 0 Å². The van der Waals surface area contributed by atoms with Crippen LogP contribution in [0.4, 0.5) is 8.78 Å². The first-order valence-corrected chi connectivity index (χ1v) is 10.6. The van der Waals surface area contributed by atoms with E-state index in [1.165, 1.54) is 69.1 Å². The second-order valence-corrected chi connectivity index (χ2v) is 8.50. The zero-order valence-corrected chi connectivity index (χ0v) is 17.0. The summed E-state index contributed by atoms with van der Waals surface area (Å²) in [5, 5.41) is 0. The van der Waals surface area contributed by atoms with Crippen molar-refractivity contribution in [1.29, 1.82) is 0 Å². The normalized spacial score (nSPS) is 20.3. The van der Waals surface area contributed by atoms with Crippen molar-refractivity contribution in [2.45, 2.75) is 64.2 Å². The van der Waals surface area contributed by atoms with Crippen LogP contribution in [0.1, 0.15) is 69.8 Å². The first-order valence-electron chi connectivity index (χ1n) is 9.83. The molecule has 0 atom stereocenters. The van der Waals surface area contributed by atoms with Crippen LogP contribution < -0.4 is 0 Å². The lowest BCUT2D eigenvalue weighted by atomic mass is 9.77. The third-order valence-corrected chi connectivity index (χ3v) is 6.20. The molecule has 1 fully saturated rings. The minimum absolute atomic E-state index is 0.0550. The SMILES string of the molecule is CCCCCC1CCC(c2ccc(-c3c(F)cc(Br)cc3F)cc2)CC1. The summed E-state index contributed by atoms with van der Waals surface area (Å²) >= 11 is 3.13. The summed E-state index contributed by atoms with van der Waals surface area (Å²) in [4.78, 5) is 0. The molecule has 0 bridgehead atoms. The Balaban J connectivity index is 1.64. The van der Waals surface area contributed by atoms with Crippen molar-refractivity contribution >= 4 is 15.9 Å². The van der Waals surface area contributed by atoms with E-state index in [1.54, 1.807) is 0 Å². The fourth-order valence-electron chi connectivity index (χ4n) is 4.21. The molecule has 0 unspecified atom stereocenters. The van der Waals surface area contributed by atoms with Crippen LogP contribution in [-0.4, -0.2) is 0 Å². The molecule has 0 saturated heterocycles. The lowest BCUT2D eigenvalue weighted by Gasteiger charge is -2.29. The maximum atomic E-state index is 14.2. The van der Waals surface area contributed by atoms with Crippen molar-refractivity contribution in [3.8, 4) is 11.1 Å². The van der Waals surface area contributed by atoms with Gasteiger partial charge in [0.05, 0.1) is 5.56 Å². The van der Waals surface area contributed by atoms with Gasteiger partial charge in [-0.25, -0.2) is 8.78 Å². The molecule has 2 aromatic rings. The van der Waals surface area contributed by atoms with Crippen molar-refractivity contribution in [3.63, 3.8) is 0 Å². The number of halogens is 3. The van der Waals surface area contributed by atoms with Crippen molar-refractivity contribution in [2.24, 2.45) is 5.92 Å². The minimum Gasteiger partial charge on any atom is -0.206 e. The molecule has 140 valence electrons. The van der Waals surface area contributed by atoms with Gasteiger partial charge >= 0.3 is 0 Å². The molecule has 3 rings (SSSR count). The van der Waals surface area contributed by atoms with Crippen LogP contribution in [0.15, 0.2) is 40.9 Å². The lowest BCUT2D eigenvalue weighted by molar-refractivity contribution is 0.303. The fraction of sp³-hybridized carbons (Fsp3) is 0.478. The predicted octanol–water partition coefficient (Wildman–Crippen LogP) is 8.25. The molecule has 0 heterocycles. The Bertz CT molecular complexity index is 692. The summed E-state index contributed by atoms with van der Waals surface area (Å²) in [6, 6.07) is 10.4. The third kappa shape index (κ3) is 4.73. The second kappa shape index (κ2) is 9.12. The molecule has 2 aromatic carbocycles. The second-order valence-electron chi connectivity index (χ2n) is 7.58. The average Bonchev–Trinajstić information content (AvgIpc) is 2.62. The summed E-state index contributed by atoms with van der Waals surface area (Å²) < 4.78 is 28.7. The largest absolute Gasteiger partial charge is 0.206 e. The van der Waals surface area contributed by atoms with Gasteiger partial charge in [0.15, 0.2) is 0 Å². The number of hydrogen-bond donors (Lipinski definition) is 0. The van der Waals surface area contributed by atoms with E-state index < -0.39 is 11.6 Å². The van der Waals surface area contributed by atoms with Crippen molar-refractivity contribution in [2.75, 3.05) is 0 Å². The van der Waals surface area contributed by atoms with Gasteiger partial charge in [-0.15, -0.1) is 0 Å². The maximum absolute atomic E-state index is 14.2. The Kier molecular flexibility index (Phi) is 6.86. The van der Waals surface area contributed by atoms with Crippen LogP contribution in [0.5, 0.6) is 0 Å². The molecule has 0 amide bonds. The van der Waals surface area contributed by atoms with E-state index in [1.807, 2.05) is 12.1 Å². The fourth-order valence-corrected chi connectivity index (χ4v) is 4.61. The highest BCUT2D eigenvalue weighted by molar-refractivity contribution is 9.10. The molecule has 1 aliphatic carbocycles. The highest BCUT2D eigenvalue weighted by atomic mass is 79.9. The molecular weight excluding hydrogens is 394 g/mol. The zero-order chi connectivity index (χ0) is 18.5. The minimum atomic E-state index is -0.530. The van der Waals surface area contributed by atoms with Gasteiger partial charge in [-0.2, -0.15) is 0 Å². The van der Waals surface area contributed by atoms with E-state index in [0.29, 0.717) is 16.0 Å². The molecule has 26 heavy (non-hydrogen) atoms. The Morgan fingerprint density at radius 1 is 0.923 bits per heavy atom. The van der Waals surface area contributed by atoms with Crippen molar-refractivity contribution in [3.05, 3.63) is 58.1 Å². The highest BCUT2D eigenvalue weighted by Gasteiger charge is 2.22. The van der Waals surface area contributed by atoms with Crippen molar-refractivity contribution in [1.82, 2.24) is 0 Å². The zero-order valence-electron chi connectivity index (χ0n) is 15.4. The van der Waals surface area contributed by atoms with Crippen LogP contribution in [0.3, 0.4) is 0 Å². The van der Waals surface area contributed by atoms with Crippen LogP contribution in [0, 0.1) is 17.6 Å². The lowest BCUT2D eigenvalue weighted by Crippen LogP contribution is -2.13. The summed E-state index contributed by atoms with van der Waals surface area (Å²) in [6.07, 6.45) is 10.5. The molecule has 0 nitrogen and oxygen atoms in total. The van der Waals surface area contributed by atoms with E-state index >= 15 is 0 Å². The molecule has 1 saturated carbocycles. The van der Waals surface area contributed by atoms with E-state index in [2.05, 4.69) is 35.0 Å². The maximum Gasteiger partial charge on any atom is 0.135 e. The van der Waals surface area contributed by atoms with Crippen LogP contribution in [0.25, 0.3) is 11.1 Å². The number of hydrogen-bond acceptors (Lipinski definition) is 0. The van der Waals surface area contributed by atoms with Gasteiger partial charge in [-0.3, -0.25) is 0 Å². The van der Waals surface area contributed by atoms with Gasteiger partial charge in [0, 0.05) is 4.47 Å². The molecule has 0 spiro atoms. The molecule has 0 aliphatic heterocycles. The summed E-state index contributed by atoms with van der Waals surface area (Å²) in [7, 11) is 0. The monoisotopic (exact) mass is 420 g/mol. The highest BCUT2D eigenvalue weighted by Crippen LogP contribution is 2.38. The number of unbranched alkanes of at least 4 members (excludes halogenated alkanes) is 2. The quantitative estimate of drug-likeness (QED) is 0.412. The third-order valence-electron chi connectivity index (χ3n) is 5.74. The summed E-state index contributed by atoms with van der Waals surface area (Å²) in [5.74, 6) is 0.420. The molecule has 0 N–H and O–H groups in total. The van der Waals surface area contributed by atoms with Crippen LogP contribution in [-0.2, 0) is 0 Å². The Labute approximate surface area is 164 Å². The standard InChI is InChI=1S/C23H27BrF2/c1-2-3-4-5-16-6-8-17(9-7-16)18-10-12-19(13-11-18)23-21(25)14-20(24)15-22(23)26/h10-17H,2-9H2,1H3. The van der Waals surface area contributed by atoms with Crippen molar-refractivity contribution < 1.29 is 8.78 Å². The summed E-state index contributed by atoms with van der Waals surface area (Å²) in [6.45, 7) is 2.26. The number of rotatable bonds is 6. The topological polar surface area (TPSA) is 0 Å². The molecule has 1 aliphatic rings. The van der Waals surface area contributed by atoms with E-state index in [9.17, 15) is 8.78 Å². The average molecular weight is 421 g/mol. The van der Waals surface area contributed by atoms with E-state index in [-0.39, 0.29) is 5.56 Å². The Morgan fingerprint density at radius 2 is 1.54 bits per heavy atom. The Morgan fingerprint density at radius 3 is 2.12 bits per heavy atom. The smallest absolute Gasteiger partial charge is 0.135 e. The first-order chi connectivity index (χ1) is 12.6. The van der Waals surface area contributed by atoms with Crippen LogP contribution >= 0.6 is 15.9 Å². The molecule has 0 aromatic heterocycles. The molecular formula is C23H27BrF2. The summed E-state index contributed by atoms with van der Waals surface area (Å²) in [5.41, 5.74) is 1.96. The first kappa shape index (κ1) is 19.5.